The highest BCUT2D eigenvalue weighted by Gasteiger charge is 2.23. The lowest BCUT2D eigenvalue weighted by atomic mass is 9.89. The van der Waals surface area contributed by atoms with E-state index in [9.17, 15) is 4.79 Å². The van der Waals surface area contributed by atoms with Gasteiger partial charge in [-0.05, 0) is 31.7 Å². The summed E-state index contributed by atoms with van der Waals surface area (Å²) < 4.78 is 0. The Hall–Kier alpha value is -1.69. The number of hydrogen-bond acceptors (Lipinski definition) is 5. The van der Waals surface area contributed by atoms with Gasteiger partial charge in [-0.25, -0.2) is 9.97 Å². The molecule has 1 atom stereocenters. The van der Waals surface area contributed by atoms with Gasteiger partial charge in [0.15, 0.2) is 0 Å². The van der Waals surface area contributed by atoms with Crippen molar-refractivity contribution in [2.75, 3.05) is 18.4 Å². The molecule has 1 saturated heterocycles. The van der Waals surface area contributed by atoms with Crippen LogP contribution in [0.5, 0.6) is 0 Å². The number of nitrogens with one attached hydrogen (secondary N) is 3. The molecule has 1 amide bonds. The third-order valence-electron chi connectivity index (χ3n) is 4.59. The van der Waals surface area contributed by atoms with E-state index in [4.69, 9.17) is 0 Å². The van der Waals surface area contributed by atoms with Gasteiger partial charge in [-0.2, -0.15) is 0 Å². The summed E-state index contributed by atoms with van der Waals surface area (Å²) in [6.07, 6.45) is 11.2. The Morgan fingerprint density at radius 1 is 1.18 bits per heavy atom. The fourth-order valence-electron chi connectivity index (χ4n) is 2.99. The predicted octanol–water partition coefficient (Wildman–Crippen LogP) is 1.45. The number of carbonyl (C=O) groups is 1. The van der Waals surface area contributed by atoms with Crippen LogP contribution in [-0.4, -0.2) is 35.0 Å². The van der Waals surface area contributed by atoms with E-state index >= 15 is 0 Å². The quantitative estimate of drug-likeness (QED) is 0.741. The topological polar surface area (TPSA) is 78.9 Å². The third kappa shape index (κ3) is 4.16. The Kier molecular flexibility index (Phi) is 5.21. The van der Waals surface area contributed by atoms with Crippen molar-refractivity contribution >= 4 is 11.9 Å². The van der Waals surface area contributed by atoms with Crippen LogP contribution in [0.4, 0.5) is 5.95 Å². The average molecular weight is 303 g/mol. The molecule has 1 unspecified atom stereocenters. The van der Waals surface area contributed by atoms with Gasteiger partial charge < -0.3 is 16.0 Å². The van der Waals surface area contributed by atoms with E-state index in [0.29, 0.717) is 12.5 Å². The molecule has 0 aromatic carbocycles. The van der Waals surface area contributed by atoms with Crippen LogP contribution in [-0.2, 0) is 11.3 Å². The molecule has 2 aliphatic rings. The van der Waals surface area contributed by atoms with E-state index in [-0.39, 0.29) is 11.9 Å². The minimum Gasteiger partial charge on any atom is -0.354 e. The number of hydrogen-bond donors (Lipinski definition) is 3. The van der Waals surface area contributed by atoms with Crippen molar-refractivity contribution < 1.29 is 4.79 Å². The van der Waals surface area contributed by atoms with Crippen LogP contribution in [0.15, 0.2) is 12.4 Å². The molecule has 120 valence electrons. The van der Waals surface area contributed by atoms with Gasteiger partial charge in [0.2, 0.25) is 11.9 Å². The Labute approximate surface area is 131 Å². The van der Waals surface area contributed by atoms with Crippen molar-refractivity contribution in [3.8, 4) is 0 Å². The SMILES string of the molecule is O=C(NCc1cnc(NCC2CCCCC2)nc1)C1CCN1. The first-order valence-corrected chi connectivity index (χ1v) is 8.37. The van der Waals surface area contributed by atoms with Gasteiger partial charge in [0, 0.05) is 31.0 Å². The summed E-state index contributed by atoms with van der Waals surface area (Å²) in [4.78, 5) is 20.4. The number of carbonyl (C=O) groups excluding carboxylic acids is 1. The van der Waals surface area contributed by atoms with Gasteiger partial charge in [-0.15, -0.1) is 0 Å². The molecule has 2 heterocycles. The van der Waals surface area contributed by atoms with Crippen molar-refractivity contribution in [1.82, 2.24) is 20.6 Å². The summed E-state index contributed by atoms with van der Waals surface area (Å²) in [5, 5.41) is 9.31. The van der Waals surface area contributed by atoms with E-state index in [1.165, 1.54) is 32.1 Å². The number of rotatable bonds is 6. The van der Waals surface area contributed by atoms with E-state index in [2.05, 4.69) is 25.9 Å². The lowest BCUT2D eigenvalue weighted by molar-refractivity contribution is -0.124. The molecule has 6 heteroatoms. The van der Waals surface area contributed by atoms with Gasteiger partial charge in [-0.1, -0.05) is 19.3 Å². The van der Waals surface area contributed by atoms with Crippen molar-refractivity contribution in [2.24, 2.45) is 5.92 Å². The maximum atomic E-state index is 11.7. The van der Waals surface area contributed by atoms with Gasteiger partial charge >= 0.3 is 0 Å². The number of anilines is 1. The summed E-state index contributed by atoms with van der Waals surface area (Å²) in [6, 6.07) is -0.0163. The molecule has 1 aromatic rings. The molecule has 0 radical (unpaired) electrons. The van der Waals surface area contributed by atoms with Crippen LogP contribution < -0.4 is 16.0 Å². The van der Waals surface area contributed by atoms with Gasteiger partial charge in [0.05, 0.1) is 6.04 Å². The van der Waals surface area contributed by atoms with Crippen LogP contribution in [0.25, 0.3) is 0 Å². The van der Waals surface area contributed by atoms with Crippen LogP contribution in [0.2, 0.25) is 0 Å². The minimum absolute atomic E-state index is 0.0163. The van der Waals surface area contributed by atoms with Crippen molar-refractivity contribution in [3.63, 3.8) is 0 Å². The number of aromatic nitrogens is 2. The zero-order valence-corrected chi connectivity index (χ0v) is 13.0. The second-order valence-electron chi connectivity index (χ2n) is 6.31. The molecule has 0 bridgehead atoms. The molecule has 1 aliphatic carbocycles. The van der Waals surface area contributed by atoms with E-state index in [1.54, 1.807) is 12.4 Å². The zero-order chi connectivity index (χ0) is 15.2. The summed E-state index contributed by atoms with van der Waals surface area (Å²) in [5.41, 5.74) is 0.927. The lowest BCUT2D eigenvalue weighted by Crippen LogP contribution is -2.52. The lowest BCUT2D eigenvalue weighted by Gasteiger charge is -2.26. The van der Waals surface area contributed by atoms with Gasteiger partial charge in [-0.3, -0.25) is 4.79 Å². The molecular weight excluding hydrogens is 278 g/mol. The van der Waals surface area contributed by atoms with E-state index in [0.717, 1.165) is 31.0 Å². The first-order valence-electron chi connectivity index (χ1n) is 8.37. The first kappa shape index (κ1) is 15.2. The van der Waals surface area contributed by atoms with Gasteiger partial charge in [0.1, 0.15) is 0 Å². The predicted molar refractivity (Wildman–Crippen MR) is 85.4 cm³/mol. The molecule has 6 nitrogen and oxygen atoms in total. The minimum atomic E-state index is -0.0163. The molecule has 2 fully saturated rings. The summed E-state index contributed by atoms with van der Waals surface area (Å²) in [7, 11) is 0. The molecule has 3 N–H and O–H groups in total. The standard InChI is InChI=1S/C16H25N5O/c22-15(14-6-7-17-14)18-9-13-10-20-16(21-11-13)19-8-12-4-2-1-3-5-12/h10-12,14,17H,1-9H2,(H,18,22)(H,19,20,21). The highest BCUT2D eigenvalue weighted by atomic mass is 16.2. The second kappa shape index (κ2) is 7.54. The summed E-state index contributed by atoms with van der Waals surface area (Å²) >= 11 is 0. The highest BCUT2D eigenvalue weighted by Crippen LogP contribution is 2.23. The molecular formula is C16H25N5O. The van der Waals surface area contributed by atoms with Crippen LogP contribution in [0.1, 0.15) is 44.1 Å². The second-order valence-corrected chi connectivity index (χ2v) is 6.31. The van der Waals surface area contributed by atoms with E-state index < -0.39 is 0 Å². The largest absolute Gasteiger partial charge is 0.354 e. The summed E-state index contributed by atoms with van der Waals surface area (Å²) in [6.45, 7) is 2.38. The average Bonchev–Trinajstić information content (AvgIpc) is 2.51. The van der Waals surface area contributed by atoms with Crippen LogP contribution in [0, 0.1) is 5.92 Å². The Balaban J connectivity index is 1.40. The normalized spacial score (nSPS) is 21.9. The van der Waals surface area contributed by atoms with Crippen LogP contribution >= 0.6 is 0 Å². The molecule has 1 aliphatic heterocycles. The number of amides is 1. The van der Waals surface area contributed by atoms with Crippen molar-refractivity contribution in [1.29, 1.82) is 0 Å². The molecule has 1 aromatic heterocycles. The van der Waals surface area contributed by atoms with Crippen LogP contribution in [0.3, 0.4) is 0 Å². The molecule has 22 heavy (non-hydrogen) atoms. The smallest absolute Gasteiger partial charge is 0.237 e. The highest BCUT2D eigenvalue weighted by molar-refractivity contribution is 5.82. The number of nitrogens with zero attached hydrogens (tertiary/aromatic N) is 2. The maximum absolute atomic E-state index is 11.7. The molecule has 0 spiro atoms. The fraction of sp³-hybridized carbons (Fsp3) is 0.688. The van der Waals surface area contributed by atoms with Crippen molar-refractivity contribution in [2.45, 2.75) is 51.1 Å². The van der Waals surface area contributed by atoms with Gasteiger partial charge in [0.25, 0.3) is 0 Å². The summed E-state index contributed by atoms with van der Waals surface area (Å²) in [5.74, 6) is 1.50. The maximum Gasteiger partial charge on any atom is 0.237 e. The fourth-order valence-corrected chi connectivity index (χ4v) is 2.99. The molecule has 3 rings (SSSR count). The van der Waals surface area contributed by atoms with Crippen molar-refractivity contribution in [3.05, 3.63) is 18.0 Å². The Bertz CT molecular complexity index is 480. The first-order chi connectivity index (χ1) is 10.8. The van der Waals surface area contributed by atoms with E-state index in [1.807, 2.05) is 0 Å². The Morgan fingerprint density at radius 3 is 2.55 bits per heavy atom. The third-order valence-corrected chi connectivity index (χ3v) is 4.59. The zero-order valence-electron chi connectivity index (χ0n) is 13.0. The monoisotopic (exact) mass is 303 g/mol. The molecule has 1 saturated carbocycles. The Morgan fingerprint density at radius 2 is 1.91 bits per heavy atom.